The van der Waals surface area contributed by atoms with E-state index in [0.29, 0.717) is 12.6 Å². The first-order valence-corrected chi connectivity index (χ1v) is 9.99. The normalized spacial score (nSPS) is 15.2. The van der Waals surface area contributed by atoms with Crippen LogP contribution in [-0.4, -0.2) is 36.6 Å². The van der Waals surface area contributed by atoms with E-state index in [-0.39, 0.29) is 24.0 Å². The molecule has 27 heavy (non-hydrogen) atoms. The molecule has 1 saturated heterocycles. The molecular formula is C20H27BrIN5. The van der Waals surface area contributed by atoms with Crippen molar-refractivity contribution >= 4 is 51.7 Å². The summed E-state index contributed by atoms with van der Waals surface area (Å²) >= 11 is 3.47. The lowest BCUT2D eigenvalue weighted by atomic mass is 10.1. The number of rotatable bonds is 5. The molecule has 0 spiro atoms. The largest absolute Gasteiger partial charge is 0.357 e. The number of aromatic nitrogens is 1. The van der Waals surface area contributed by atoms with E-state index in [0.717, 1.165) is 48.7 Å². The number of halogens is 2. The summed E-state index contributed by atoms with van der Waals surface area (Å²) in [5, 5.41) is 6.95. The van der Waals surface area contributed by atoms with E-state index in [1.165, 1.54) is 5.56 Å². The van der Waals surface area contributed by atoms with Gasteiger partial charge < -0.3 is 15.5 Å². The molecule has 3 rings (SSSR count). The zero-order chi connectivity index (χ0) is 18.2. The first-order chi connectivity index (χ1) is 12.7. The minimum absolute atomic E-state index is 0. The van der Waals surface area contributed by atoms with E-state index >= 15 is 0 Å². The van der Waals surface area contributed by atoms with Crippen molar-refractivity contribution in [3.63, 3.8) is 0 Å². The number of piperidine rings is 1. The highest BCUT2D eigenvalue weighted by Crippen LogP contribution is 2.17. The average Bonchev–Trinajstić information content (AvgIpc) is 2.69. The summed E-state index contributed by atoms with van der Waals surface area (Å²) in [6.45, 7) is 5.66. The highest BCUT2D eigenvalue weighted by Gasteiger charge is 2.20. The van der Waals surface area contributed by atoms with E-state index in [1.54, 1.807) is 0 Å². The quantitative estimate of drug-likeness (QED) is 0.337. The second-order valence-corrected chi connectivity index (χ2v) is 7.33. The lowest BCUT2D eigenvalue weighted by Gasteiger charge is -2.33. The number of guanidine groups is 1. The Balaban J connectivity index is 0.00000261. The molecule has 146 valence electrons. The van der Waals surface area contributed by atoms with Crippen LogP contribution in [0.1, 0.15) is 25.3 Å². The van der Waals surface area contributed by atoms with Crippen LogP contribution in [0.4, 0.5) is 5.82 Å². The van der Waals surface area contributed by atoms with Gasteiger partial charge in [0.1, 0.15) is 5.82 Å². The fraction of sp³-hybridized carbons (Fsp3) is 0.400. The van der Waals surface area contributed by atoms with Crippen molar-refractivity contribution in [3.8, 4) is 0 Å². The molecule has 1 aromatic carbocycles. The molecule has 1 fully saturated rings. The number of hydrogen-bond donors (Lipinski definition) is 2. The Morgan fingerprint density at radius 2 is 1.93 bits per heavy atom. The Labute approximate surface area is 187 Å². The van der Waals surface area contributed by atoms with E-state index in [4.69, 9.17) is 4.99 Å². The van der Waals surface area contributed by atoms with E-state index in [2.05, 4.69) is 73.7 Å². The SMILES string of the molecule is CCNC(=NCc1ccc(Br)cc1)NC1CCN(c2ccccn2)CC1.I. The Kier molecular flexibility index (Phi) is 9.33. The summed E-state index contributed by atoms with van der Waals surface area (Å²) in [5.74, 6) is 1.97. The van der Waals surface area contributed by atoms with E-state index in [9.17, 15) is 0 Å². The zero-order valence-corrected chi connectivity index (χ0v) is 19.5. The average molecular weight is 544 g/mol. The third kappa shape index (κ3) is 6.95. The van der Waals surface area contributed by atoms with Crippen molar-refractivity contribution in [1.29, 1.82) is 0 Å². The van der Waals surface area contributed by atoms with Crippen LogP contribution in [0.2, 0.25) is 0 Å². The van der Waals surface area contributed by atoms with Gasteiger partial charge in [0.05, 0.1) is 6.54 Å². The van der Waals surface area contributed by atoms with Crippen molar-refractivity contribution in [2.45, 2.75) is 32.4 Å². The number of aliphatic imine (C=N–C) groups is 1. The summed E-state index contributed by atoms with van der Waals surface area (Å²) < 4.78 is 1.09. The monoisotopic (exact) mass is 543 g/mol. The molecule has 0 aliphatic carbocycles. The Morgan fingerprint density at radius 1 is 1.19 bits per heavy atom. The maximum Gasteiger partial charge on any atom is 0.191 e. The lowest BCUT2D eigenvalue weighted by Crippen LogP contribution is -2.48. The number of nitrogens with one attached hydrogen (secondary N) is 2. The van der Waals surface area contributed by atoms with Crippen LogP contribution in [0.15, 0.2) is 58.1 Å². The summed E-state index contributed by atoms with van der Waals surface area (Å²) in [4.78, 5) is 11.5. The predicted molar refractivity (Wildman–Crippen MR) is 127 cm³/mol. The number of anilines is 1. The summed E-state index contributed by atoms with van der Waals surface area (Å²) in [5.41, 5.74) is 1.20. The smallest absolute Gasteiger partial charge is 0.191 e. The lowest BCUT2D eigenvalue weighted by molar-refractivity contribution is 0.459. The third-order valence-corrected chi connectivity index (χ3v) is 5.01. The number of pyridine rings is 1. The van der Waals surface area contributed by atoms with Gasteiger partial charge in [-0.25, -0.2) is 9.98 Å². The maximum atomic E-state index is 4.74. The van der Waals surface area contributed by atoms with Crippen LogP contribution in [0, 0.1) is 0 Å². The highest BCUT2D eigenvalue weighted by atomic mass is 127. The molecule has 0 unspecified atom stereocenters. The van der Waals surface area contributed by atoms with E-state index < -0.39 is 0 Å². The standard InChI is InChI=1S/C20H26BrN5.HI/c1-2-22-20(24-15-16-6-8-17(21)9-7-16)25-18-10-13-26(14-11-18)19-5-3-4-12-23-19;/h3-9,12,18H,2,10-11,13-15H2,1H3,(H2,22,24,25);1H. The van der Waals surface area contributed by atoms with E-state index in [1.807, 2.05) is 18.3 Å². The van der Waals surface area contributed by atoms with Crippen molar-refractivity contribution < 1.29 is 0 Å². The van der Waals surface area contributed by atoms with Gasteiger partial charge in [0.15, 0.2) is 5.96 Å². The van der Waals surface area contributed by atoms with Crippen molar-refractivity contribution in [3.05, 3.63) is 58.7 Å². The Hall–Kier alpha value is -1.35. The number of hydrogen-bond acceptors (Lipinski definition) is 3. The van der Waals surface area contributed by atoms with Gasteiger partial charge in [0.2, 0.25) is 0 Å². The fourth-order valence-electron chi connectivity index (χ4n) is 3.07. The van der Waals surface area contributed by atoms with Crippen LogP contribution < -0.4 is 15.5 Å². The molecule has 2 aromatic rings. The molecule has 1 aliphatic heterocycles. The summed E-state index contributed by atoms with van der Waals surface area (Å²) in [7, 11) is 0. The van der Waals surface area contributed by atoms with Crippen molar-refractivity contribution in [2.24, 2.45) is 4.99 Å². The highest BCUT2D eigenvalue weighted by molar-refractivity contribution is 14.0. The first-order valence-electron chi connectivity index (χ1n) is 9.20. The van der Waals surface area contributed by atoms with Gasteiger partial charge in [-0.3, -0.25) is 0 Å². The van der Waals surface area contributed by atoms with Gasteiger partial charge in [-0.1, -0.05) is 34.1 Å². The van der Waals surface area contributed by atoms with Crippen LogP contribution >= 0.6 is 39.9 Å². The van der Waals surface area contributed by atoms with Crippen LogP contribution in [0.5, 0.6) is 0 Å². The molecule has 0 atom stereocenters. The minimum Gasteiger partial charge on any atom is -0.357 e. The molecule has 5 nitrogen and oxygen atoms in total. The van der Waals surface area contributed by atoms with Gasteiger partial charge in [0.25, 0.3) is 0 Å². The van der Waals surface area contributed by atoms with Crippen molar-refractivity contribution in [2.75, 3.05) is 24.5 Å². The molecule has 0 amide bonds. The Bertz CT molecular complexity index is 700. The van der Waals surface area contributed by atoms with Gasteiger partial charge in [-0.15, -0.1) is 24.0 Å². The van der Waals surface area contributed by atoms with Gasteiger partial charge in [-0.2, -0.15) is 0 Å². The molecule has 0 bridgehead atoms. The second-order valence-electron chi connectivity index (χ2n) is 6.42. The van der Waals surface area contributed by atoms with Crippen molar-refractivity contribution in [1.82, 2.24) is 15.6 Å². The molecule has 7 heteroatoms. The zero-order valence-electron chi connectivity index (χ0n) is 15.6. The molecule has 0 radical (unpaired) electrons. The third-order valence-electron chi connectivity index (χ3n) is 4.49. The van der Waals surface area contributed by atoms with Gasteiger partial charge in [0, 0.05) is 36.3 Å². The molecular weight excluding hydrogens is 517 g/mol. The molecule has 2 heterocycles. The first kappa shape index (κ1) is 21.9. The summed E-state index contributed by atoms with van der Waals surface area (Å²) in [6.07, 6.45) is 4.02. The maximum absolute atomic E-state index is 4.74. The van der Waals surface area contributed by atoms with Gasteiger partial charge in [-0.05, 0) is 49.6 Å². The number of nitrogens with zero attached hydrogens (tertiary/aromatic N) is 3. The summed E-state index contributed by atoms with van der Waals surface area (Å²) in [6, 6.07) is 14.8. The number of benzene rings is 1. The van der Waals surface area contributed by atoms with Gasteiger partial charge >= 0.3 is 0 Å². The fourth-order valence-corrected chi connectivity index (χ4v) is 3.33. The molecule has 1 aliphatic rings. The molecule has 1 aromatic heterocycles. The second kappa shape index (κ2) is 11.5. The molecule has 0 saturated carbocycles. The van der Waals surface area contributed by atoms with Crippen LogP contribution in [0.3, 0.4) is 0 Å². The van der Waals surface area contributed by atoms with Crippen LogP contribution in [0.25, 0.3) is 0 Å². The predicted octanol–water partition coefficient (Wildman–Crippen LogP) is 4.19. The minimum atomic E-state index is 0. The topological polar surface area (TPSA) is 52.6 Å². The Morgan fingerprint density at radius 3 is 2.56 bits per heavy atom. The van der Waals surface area contributed by atoms with Crippen LogP contribution in [-0.2, 0) is 6.54 Å². The molecule has 2 N–H and O–H groups in total.